The summed E-state index contributed by atoms with van der Waals surface area (Å²) in [6.07, 6.45) is 3.26. The Morgan fingerprint density at radius 2 is 1.94 bits per heavy atom. The Bertz CT molecular complexity index is 918. The SMILES string of the molecule is CS[C@]1(SCC(F)(F)F)CC[C@H]2[C@@H]3CCC4=CC(=O)C=C[C@]4(C)[C@@]3(F)[C@@H](OC(C)=O)C[C@@]21C. The molecule has 7 atom stereocenters. The van der Waals surface area contributed by atoms with E-state index < -0.39 is 50.5 Å². The Labute approximate surface area is 200 Å². The lowest BCUT2D eigenvalue weighted by Gasteiger charge is -2.63. The highest BCUT2D eigenvalue weighted by Crippen LogP contribution is 2.74. The predicted octanol–water partition coefficient (Wildman–Crippen LogP) is 6.28. The quantitative estimate of drug-likeness (QED) is 0.255. The second-order valence-electron chi connectivity index (χ2n) is 10.2. The number of hydrogen-bond donors (Lipinski definition) is 0. The molecule has 4 aliphatic carbocycles. The number of ketones is 1. The lowest BCUT2D eigenvalue weighted by Crippen LogP contribution is -2.68. The van der Waals surface area contributed by atoms with Gasteiger partial charge in [-0.2, -0.15) is 13.2 Å². The van der Waals surface area contributed by atoms with Crippen LogP contribution in [-0.4, -0.2) is 45.8 Å². The Morgan fingerprint density at radius 1 is 1.24 bits per heavy atom. The van der Waals surface area contributed by atoms with Crippen LogP contribution in [-0.2, 0) is 14.3 Å². The molecule has 0 heterocycles. The molecule has 0 spiro atoms. The maximum Gasteiger partial charge on any atom is 0.397 e. The first kappa shape index (κ1) is 25.1. The van der Waals surface area contributed by atoms with Gasteiger partial charge in [0.15, 0.2) is 11.5 Å². The highest BCUT2D eigenvalue weighted by molar-refractivity contribution is 8.18. The standard InChI is InChI=1S/C24H30F4O3S2/c1-14(29)31-19-12-21(3)17(8-10-22(21,32-4)33-13-23(25,26)27)18-6-5-15-11-16(30)7-9-20(15,2)24(18,19)28/h7,9,11,17-19H,5-6,8,10,12-13H2,1-4H3/t17-,18-,19-,20-,21-,22-,24-/m0/s1. The summed E-state index contributed by atoms with van der Waals surface area (Å²) in [4.78, 5) is 24.1. The molecule has 0 aromatic heterocycles. The molecule has 0 N–H and O–H groups in total. The molecular formula is C24H30F4O3S2. The Kier molecular flexibility index (Phi) is 6.12. The van der Waals surface area contributed by atoms with Gasteiger partial charge in [-0.05, 0) is 68.8 Å². The van der Waals surface area contributed by atoms with Crippen molar-refractivity contribution in [1.29, 1.82) is 0 Å². The van der Waals surface area contributed by atoms with Gasteiger partial charge in [0.05, 0.1) is 9.83 Å². The van der Waals surface area contributed by atoms with E-state index in [-0.39, 0.29) is 18.1 Å². The maximum atomic E-state index is 17.6. The van der Waals surface area contributed by atoms with Crippen LogP contribution < -0.4 is 0 Å². The highest BCUT2D eigenvalue weighted by atomic mass is 32.2. The first-order valence-electron chi connectivity index (χ1n) is 11.3. The second-order valence-corrected chi connectivity index (χ2v) is 12.9. The van der Waals surface area contributed by atoms with Crippen LogP contribution in [0.3, 0.4) is 0 Å². The van der Waals surface area contributed by atoms with Crippen molar-refractivity contribution in [3.63, 3.8) is 0 Å². The number of carbonyl (C=O) groups excluding carboxylic acids is 2. The molecule has 0 aliphatic heterocycles. The number of alkyl halides is 4. The monoisotopic (exact) mass is 506 g/mol. The molecule has 0 aromatic carbocycles. The number of esters is 1. The summed E-state index contributed by atoms with van der Waals surface area (Å²) in [7, 11) is 0. The molecule has 33 heavy (non-hydrogen) atoms. The maximum absolute atomic E-state index is 17.6. The van der Waals surface area contributed by atoms with E-state index >= 15 is 4.39 Å². The van der Waals surface area contributed by atoms with Gasteiger partial charge in [-0.15, -0.1) is 23.5 Å². The van der Waals surface area contributed by atoms with E-state index in [1.807, 2.05) is 13.2 Å². The van der Waals surface area contributed by atoms with Gasteiger partial charge in [0.2, 0.25) is 0 Å². The molecule has 0 radical (unpaired) electrons. The fraction of sp³-hybridized carbons (Fsp3) is 0.750. The van der Waals surface area contributed by atoms with Gasteiger partial charge in [-0.25, -0.2) is 4.39 Å². The summed E-state index contributed by atoms with van der Waals surface area (Å²) < 4.78 is 62.1. The number of rotatable bonds is 4. The van der Waals surface area contributed by atoms with Crippen molar-refractivity contribution in [2.45, 2.75) is 74.9 Å². The minimum absolute atomic E-state index is 0.146. The molecule has 4 rings (SSSR count). The summed E-state index contributed by atoms with van der Waals surface area (Å²) in [6, 6.07) is 0. The van der Waals surface area contributed by atoms with Gasteiger partial charge >= 0.3 is 12.1 Å². The molecular weight excluding hydrogens is 476 g/mol. The van der Waals surface area contributed by atoms with Crippen LogP contribution in [0.2, 0.25) is 0 Å². The number of hydrogen-bond acceptors (Lipinski definition) is 5. The Hall–Kier alpha value is -0.960. The van der Waals surface area contributed by atoms with Crippen molar-refractivity contribution < 1.29 is 31.9 Å². The van der Waals surface area contributed by atoms with Crippen molar-refractivity contribution in [3.05, 3.63) is 23.8 Å². The fourth-order valence-corrected chi connectivity index (χ4v) is 10.2. The normalized spacial score (nSPS) is 44.5. The molecule has 0 amide bonds. The summed E-state index contributed by atoms with van der Waals surface area (Å²) >= 11 is 2.33. The van der Waals surface area contributed by atoms with E-state index in [4.69, 9.17) is 4.74 Å². The van der Waals surface area contributed by atoms with Crippen LogP contribution in [0.4, 0.5) is 17.6 Å². The molecule has 184 valence electrons. The minimum atomic E-state index is -4.30. The van der Waals surface area contributed by atoms with Crippen LogP contribution in [0.5, 0.6) is 0 Å². The summed E-state index contributed by atoms with van der Waals surface area (Å²) in [5, 5.41) is 0. The smallest absolute Gasteiger partial charge is 0.397 e. The van der Waals surface area contributed by atoms with Crippen molar-refractivity contribution >= 4 is 35.3 Å². The van der Waals surface area contributed by atoms with Gasteiger partial charge in [0, 0.05) is 18.3 Å². The molecule has 0 unspecified atom stereocenters. The van der Waals surface area contributed by atoms with Crippen molar-refractivity contribution in [1.82, 2.24) is 0 Å². The van der Waals surface area contributed by atoms with Crippen LogP contribution in [0.1, 0.15) is 52.9 Å². The van der Waals surface area contributed by atoms with Crippen LogP contribution >= 0.6 is 23.5 Å². The molecule has 4 aliphatic rings. The van der Waals surface area contributed by atoms with E-state index in [1.165, 1.54) is 30.8 Å². The number of allylic oxidation sites excluding steroid dienone is 4. The topological polar surface area (TPSA) is 43.4 Å². The van der Waals surface area contributed by atoms with Crippen LogP contribution in [0.15, 0.2) is 23.8 Å². The van der Waals surface area contributed by atoms with E-state index in [9.17, 15) is 22.8 Å². The average molecular weight is 507 g/mol. The van der Waals surface area contributed by atoms with Gasteiger partial charge in [-0.3, -0.25) is 9.59 Å². The first-order chi connectivity index (χ1) is 15.2. The Balaban J connectivity index is 1.80. The second kappa shape index (κ2) is 8.04. The van der Waals surface area contributed by atoms with E-state index in [2.05, 4.69) is 0 Å². The zero-order valence-electron chi connectivity index (χ0n) is 19.3. The lowest BCUT2D eigenvalue weighted by molar-refractivity contribution is -0.209. The third kappa shape index (κ3) is 3.62. The zero-order valence-corrected chi connectivity index (χ0v) is 20.9. The van der Waals surface area contributed by atoms with E-state index in [0.717, 1.165) is 11.8 Å². The molecule has 0 bridgehead atoms. The highest BCUT2D eigenvalue weighted by Gasteiger charge is 2.74. The number of ether oxygens (including phenoxy) is 1. The van der Waals surface area contributed by atoms with E-state index in [0.29, 0.717) is 31.3 Å². The van der Waals surface area contributed by atoms with Crippen LogP contribution in [0.25, 0.3) is 0 Å². The predicted molar refractivity (Wildman–Crippen MR) is 123 cm³/mol. The number of carbonyl (C=O) groups is 2. The van der Waals surface area contributed by atoms with Crippen LogP contribution in [0, 0.1) is 22.7 Å². The van der Waals surface area contributed by atoms with Crippen molar-refractivity contribution in [2.24, 2.45) is 22.7 Å². The van der Waals surface area contributed by atoms with Gasteiger partial charge in [0.1, 0.15) is 6.10 Å². The minimum Gasteiger partial charge on any atom is -0.459 e. The Morgan fingerprint density at radius 3 is 2.55 bits per heavy atom. The van der Waals surface area contributed by atoms with Gasteiger partial charge in [-0.1, -0.05) is 18.6 Å². The van der Waals surface area contributed by atoms with Crippen molar-refractivity contribution in [3.8, 4) is 0 Å². The molecule has 3 nitrogen and oxygen atoms in total. The number of fused-ring (bicyclic) bond motifs is 5. The zero-order chi connectivity index (χ0) is 24.4. The largest absolute Gasteiger partial charge is 0.459 e. The average Bonchev–Trinajstić information content (AvgIpc) is 2.99. The first-order valence-corrected chi connectivity index (χ1v) is 13.5. The summed E-state index contributed by atoms with van der Waals surface area (Å²) in [5.74, 6) is -2.38. The summed E-state index contributed by atoms with van der Waals surface area (Å²) in [6.45, 7) is 4.97. The molecule has 0 saturated heterocycles. The van der Waals surface area contributed by atoms with Crippen molar-refractivity contribution in [2.75, 3.05) is 12.0 Å². The van der Waals surface area contributed by atoms with Gasteiger partial charge < -0.3 is 4.74 Å². The molecule has 0 aromatic rings. The lowest BCUT2D eigenvalue weighted by atomic mass is 9.46. The van der Waals surface area contributed by atoms with Gasteiger partial charge in [0.25, 0.3) is 0 Å². The third-order valence-electron chi connectivity index (χ3n) is 8.77. The van der Waals surface area contributed by atoms with E-state index in [1.54, 1.807) is 13.0 Å². The third-order valence-corrected chi connectivity index (χ3v) is 12.6. The fourth-order valence-electron chi connectivity index (χ4n) is 7.28. The molecule has 3 saturated carbocycles. The summed E-state index contributed by atoms with van der Waals surface area (Å²) in [5.41, 5.74) is -2.98. The number of thioether (sulfide) groups is 2. The number of halogens is 4. The molecule has 3 fully saturated rings. The molecule has 9 heteroatoms.